The number of hydrogen-bond acceptors (Lipinski definition) is 2. The van der Waals surface area contributed by atoms with Crippen molar-refractivity contribution in [3.8, 4) is 0 Å². The predicted octanol–water partition coefficient (Wildman–Crippen LogP) is 2.87. The topological polar surface area (TPSA) is 61.4 Å². The number of amides is 3. The Labute approximate surface area is 144 Å². The number of urea groups is 1. The van der Waals surface area contributed by atoms with Crippen molar-refractivity contribution in [3.05, 3.63) is 35.4 Å². The summed E-state index contributed by atoms with van der Waals surface area (Å²) < 4.78 is 0. The maximum absolute atomic E-state index is 12.0. The van der Waals surface area contributed by atoms with Gasteiger partial charge in [-0.2, -0.15) is 0 Å². The minimum Gasteiger partial charge on any atom is -0.343 e. The second-order valence-electron chi connectivity index (χ2n) is 6.91. The van der Waals surface area contributed by atoms with E-state index >= 15 is 0 Å². The van der Waals surface area contributed by atoms with Crippen molar-refractivity contribution < 1.29 is 9.59 Å². The summed E-state index contributed by atoms with van der Waals surface area (Å²) in [4.78, 5) is 25.1. The molecule has 1 aromatic carbocycles. The molecule has 0 aliphatic carbocycles. The monoisotopic (exact) mass is 331 g/mol. The number of carbonyl (C=O) groups excluding carboxylic acids is 2. The molecule has 0 spiro atoms. The minimum atomic E-state index is -0.126. The fourth-order valence-corrected chi connectivity index (χ4v) is 3.00. The fourth-order valence-electron chi connectivity index (χ4n) is 3.00. The molecule has 2 rings (SSSR count). The smallest absolute Gasteiger partial charge is 0.315 e. The lowest BCUT2D eigenvalue weighted by Gasteiger charge is -2.31. The van der Waals surface area contributed by atoms with Gasteiger partial charge in [0.1, 0.15) is 0 Å². The summed E-state index contributed by atoms with van der Waals surface area (Å²) in [6.45, 7) is 8.74. The van der Waals surface area contributed by atoms with E-state index in [1.807, 2.05) is 17.0 Å². The van der Waals surface area contributed by atoms with Gasteiger partial charge in [-0.1, -0.05) is 38.1 Å². The molecule has 1 fully saturated rings. The molecule has 3 amide bonds. The van der Waals surface area contributed by atoms with Crippen LogP contribution in [0, 0.1) is 5.92 Å². The van der Waals surface area contributed by atoms with Crippen LogP contribution in [0.2, 0.25) is 0 Å². The average Bonchev–Trinajstić information content (AvgIpc) is 2.58. The zero-order chi connectivity index (χ0) is 17.5. The Hall–Kier alpha value is -2.04. The van der Waals surface area contributed by atoms with Crippen molar-refractivity contribution in [1.82, 2.24) is 15.5 Å². The highest BCUT2D eigenvalue weighted by atomic mass is 16.2. The molecule has 1 aromatic rings. The first-order valence-corrected chi connectivity index (χ1v) is 8.81. The van der Waals surface area contributed by atoms with E-state index in [9.17, 15) is 9.59 Å². The van der Waals surface area contributed by atoms with Crippen LogP contribution in [0.25, 0.3) is 0 Å². The van der Waals surface area contributed by atoms with E-state index in [2.05, 4.69) is 36.6 Å². The van der Waals surface area contributed by atoms with Crippen LogP contribution < -0.4 is 10.6 Å². The number of carbonyl (C=O) groups is 2. The summed E-state index contributed by atoms with van der Waals surface area (Å²) in [7, 11) is 0. The van der Waals surface area contributed by atoms with Crippen LogP contribution >= 0.6 is 0 Å². The van der Waals surface area contributed by atoms with Gasteiger partial charge in [0.25, 0.3) is 0 Å². The number of nitrogens with zero attached hydrogens (tertiary/aromatic N) is 1. The van der Waals surface area contributed by atoms with Gasteiger partial charge in [-0.3, -0.25) is 4.79 Å². The van der Waals surface area contributed by atoms with Crippen LogP contribution in [0.3, 0.4) is 0 Å². The Morgan fingerprint density at radius 2 is 1.92 bits per heavy atom. The van der Waals surface area contributed by atoms with Gasteiger partial charge >= 0.3 is 6.03 Å². The van der Waals surface area contributed by atoms with Crippen LogP contribution in [0.1, 0.15) is 50.7 Å². The molecular formula is C19H29N3O2. The molecule has 0 bridgehead atoms. The lowest BCUT2D eigenvalue weighted by Crippen LogP contribution is -2.42. The minimum absolute atomic E-state index is 0.126. The molecule has 5 heteroatoms. The molecule has 24 heavy (non-hydrogen) atoms. The van der Waals surface area contributed by atoms with Gasteiger partial charge < -0.3 is 15.5 Å². The van der Waals surface area contributed by atoms with Gasteiger partial charge in [0.05, 0.1) is 0 Å². The van der Waals surface area contributed by atoms with Crippen molar-refractivity contribution in [2.75, 3.05) is 19.6 Å². The van der Waals surface area contributed by atoms with Gasteiger partial charge in [0.15, 0.2) is 0 Å². The highest BCUT2D eigenvalue weighted by Crippen LogP contribution is 2.17. The first kappa shape index (κ1) is 18.3. The van der Waals surface area contributed by atoms with Crippen LogP contribution in [0.15, 0.2) is 24.3 Å². The molecule has 5 nitrogen and oxygen atoms in total. The molecule has 1 saturated heterocycles. The summed E-state index contributed by atoms with van der Waals surface area (Å²) in [5.74, 6) is 1.08. The maximum Gasteiger partial charge on any atom is 0.315 e. The summed E-state index contributed by atoms with van der Waals surface area (Å²) in [6, 6.07) is 8.19. The van der Waals surface area contributed by atoms with Gasteiger partial charge in [-0.25, -0.2) is 4.79 Å². The van der Waals surface area contributed by atoms with E-state index in [0.29, 0.717) is 24.9 Å². The standard InChI is InChI=1S/C19H29N3O2/c1-14(2)18-6-4-5-17(11-18)13-21-19(24)20-12-16-7-9-22(10-8-16)15(3)23/h4-6,11,14,16H,7-10,12-13H2,1-3H3,(H2,20,21,24). The third-order valence-corrected chi connectivity index (χ3v) is 4.68. The Bertz CT molecular complexity index is 563. The second-order valence-corrected chi connectivity index (χ2v) is 6.91. The molecule has 1 aliphatic heterocycles. The van der Waals surface area contributed by atoms with Gasteiger partial charge in [-0.15, -0.1) is 0 Å². The number of benzene rings is 1. The number of piperidine rings is 1. The molecule has 2 N–H and O–H groups in total. The molecule has 0 saturated carbocycles. The van der Waals surface area contributed by atoms with Crippen molar-refractivity contribution in [1.29, 1.82) is 0 Å². The summed E-state index contributed by atoms with van der Waals surface area (Å²) in [5, 5.41) is 5.87. The largest absolute Gasteiger partial charge is 0.343 e. The zero-order valence-corrected chi connectivity index (χ0v) is 15.0. The number of likely N-dealkylation sites (tertiary alicyclic amines) is 1. The lowest BCUT2D eigenvalue weighted by atomic mass is 9.97. The van der Waals surface area contributed by atoms with Crippen LogP contribution in [0.4, 0.5) is 4.79 Å². The normalized spacial score (nSPS) is 15.4. The number of nitrogens with one attached hydrogen (secondary N) is 2. The summed E-state index contributed by atoms with van der Waals surface area (Å²) >= 11 is 0. The van der Waals surface area contributed by atoms with Gasteiger partial charge in [0.2, 0.25) is 5.91 Å². The Kier molecular flexibility index (Phi) is 6.64. The van der Waals surface area contributed by atoms with Gasteiger partial charge in [0, 0.05) is 33.1 Å². The van der Waals surface area contributed by atoms with Gasteiger partial charge in [-0.05, 0) is 35.8 Å². The second kappa shape index (κ2) is 8.71. The van der Waals surface area contributed by atoms with E-state index in [1.165, 1.54) is 5.56 Å². The van der Waals surface area contributed by atoms with E-state index in [1.54, 1.807) is 6.92 Å². The van der Waals surface area contributed by atoms with E-state index in [4.69, 9.17) is 0 Å². The van der Waals surface area contributed by atoms with Crippen molar-refractivity contribution in [3.63, 3.8) is 0 Å². The number of rotatable bonds is 5. The lowest BCUT2D eigenvalue weighted by molar-refractivity contribution is -0.130. The molecule has 1 aliphatic rings. The highest BCUT2D eigenvalue weighted by Gasteiger charge is 2.20. The predicted molar refractivity (Wildman–Crippen MR) is 95.7 cm³/mol. The molecule has 132 valence electrons. The molecule has 0 unspecified atom stereocenters. The quantitative estimate of drug-likeness (QED) is 0.871. The zero-order valence-electron chi connectivity index (χ0n) is 15.0. The SMILES string of the molecule is CC(=O)N1CCC(CNC(=O)NCc2cccc(C(C)C)c2)CC1. The molecule has 0 aromatic heterocycles. The average molecular weight is 331 g/mol. The third-order valence-electron chi connectivity index (χ3n) is 4.68. The molecule has 1 heterocycles. The van der Waals surface area contributed by atoms with Crippen LogP contribution in [-0.4, -0.2) is 36.5 Å². The van der Waals surface area contributed by atoms with E-state index in [0.717, 1.165) is 31.5 Å². The Morgan fingerprint density at radius 3 is 2.54 bits per heavy atom. The summed E-state index contributed by atoms with van der Waals surface area (Å²) in [6.07, 6.45) is 1.91. The maximum atomic E-state index is 12.0. The fraction of sp³-hybridized carbons (Fsp3) is 0.579. The van der Waals surface area contributed by atoms with E-state index < -0.39 is 0 Å². The van der Waals surface area contributed by atoms with Crippen molar-refractivity contribution in [2.24, 2.45) is 5.92 Å². The first-order valence-electron chi connectivity index (χ1n) is 8.81. The first-order chi connectivity index (χ1) is 11.5. The molecule has 0 radical (unpaired) electrons. The Morgan fingerprint density at radius 1 is 1.21 bits per heavy atom. The summed E-state index contributed by atoms with van der Waals surface area (Å²) in [5.41, 5.74) is 2.40. The molecule has 0 atom stereocenters. The van der Waals surface area contributed by atoms with Crippen LogP contribution in [0.5, 0.6) is 0 Å². The van der Waals surface area contributed by atoms with Crippen LogP contribution in [-0.2, 0) is 11.3 Å². The van der Waals surface area contributed by atoms with Crippen molar-refractivity contribution in [2.45, 2.75) is 46.1 Å². The number of hydrogen-bond donors (Lipinski definition) is 2. The highest BCUT2D eigenvalue weighted by molar-refractivity contribution is 5.74. The third kappa shape index (κ3) is 5.55. The molecular weight excluding hydrogens is 302 g/mol. The van der Waals surface area contributed by atoms with E-state index in [-0.39, 0.29) is 11.9 Å². The van der Waals surface area contributed by atoms with Crippen molar-refractivity contribution >= 4 is 11.9 Å². The Balaban J connectivity index is 1.69.